The molecule has 0 saturated carbocycles. The summed E-state index contributed by atoms with van der Waals surface area (Å²) in [5.74, 6) is -0.780. The van der Waals surface area contributed by atoms with Crippen LogP contribution < -0.4 is 4.74 Å². The molecule has 2 aromatic rings. The predicted molar refractivity (Wildman–Crippen MR) is 68.0 cm³/mol. The van der Waals surface area contributed by atoms with E-state index < -0.39 is 17.7 Å². The molecule has 0 aliphatic heterocycles. The molecule has 1 atom stereocenters. The average Bonchev–Trinajstić information content (AvgIpc) is 2.39. The van der Waals surface area contributed by atoms with Crippen LogP contribution in [0.1, 0.15) is 17.2 Å². The van der Waals surface area contributed by atoms with Gasteiger partial charge in [0, 0.05) is 6.42 Å². The van der Waals surface area contributed by atoms with Crippen LogP contribution in [0.15, 0.2) is 42.5 Å². The largest absolute Gasteiger partial charge is 0.497 e. The van der Waals surface area contributed by atoms with E-state index in [1.807, 2.05) is 0 Å². The molecule has 0 saturated heterocycles. The van der Waals surface area contributed by atoms with Crippen LogP contribution in [0.2, 0.25) is 0 Å². The van der Waals surface area contributed by atoms with Gasteiger partial charge in [-0.2, -0.15) is 0 Å². The maximum Gasteiger partial charge on any atom is 0.131 e. The van der Waals surface area contributed by atoms with Gasteiger partial charge >= 0.3 is 0 Å². The quantitative estimate of drug-likeness (QED) is 0.918. The number of benzene rings is 2. The van der Waals surface area contributed by atoms with E-state index in [2.05, 4.69) is 0 Å². The summed E-state index contributed by atoms with van der Waals surface area (Å²) in [6.07, 6.45) is -1.07. The second-order valence-corrected chi connectivity index (χ2v) is 4.20. The lowest BCUT2D eigenvalue weighted by Gasteiger charge is -2.13. The summed E-state index contributed by atoms with van der Waals surface area (Å²) in [4.78, 5) is 0. The van der Waals surface area contributed by atoms with E-state index in [-0.39, 0.29) is 12.0 Å². The highest BCUT2D eigenvalue weighted by molar-refractivity contribution is 5.29. The third-order valence-corrected chi connectivity index (χ3v) is 2.92. The van der Waals surface area contributed by atoms with Gasteiger partial charge in [-0.15, -0.1) is 0 Å². The lowest BCUT2D eigenvalue weighted by molar-refractivity contribution is 0.168. The van der Waals surface area contributed by atoms with Gasteiger partial charge in [0.2, 0.25) is 0 Å². The molecule has 2 nitrogen and oxygen atoms in total. The molecular weight excluding hydrogens is 250 g/mol. The third-order valence-electron chi connectivity index (χ3n) is 2.92. The molecule has 0 aliphatic carbocycles. The summed E-state index contributed by atoms with van der Waals surface area (Å²) in [7, 11) is 1.55. The van der Waals surface area contributed by atoms with Gasteiger partial charge in [-0.1, -0.05) is 18.2 Å². The van der Waals surface area contributed by atoms with Crippen LogP contribution in [-0.4, -0.2) is 12.2 Å². The Bertz CT molecular complexity index is 532. The number of hydrogen-bond donors (Lipinski definition) is 1. The predicted octanol–water partition coefficient (Wildman–Crippen LogP) is 3.25. The lowest BCUT2D eigenvalue weighted by atomic mass is 10.0. The first kappa shape index (κ1) is 13.5. The van der Waals surface area contributed by atoms with Crippen molar-refractivity contribution in [2.45, 2.75) is 12.5 Å². The number of methoxy groups -OCH3 is 1. The van der Waals surface area contributed by atoms with Gasteiger partial charge in [-0.05, 0) is 29.8 Å². The minimum Gasteiger partial charge on any atom is -0.497 e. The molecule has 19 heavy (non-hydrogen) atoms. The molecule has 4 heteroatoms. The highest BCUT2D eigenvalue weighted by atomic mass is 19.1. The Hall–Kier alpha value is -1.94. The average molecular weight is 264 g/mol. The Morgan fingerprint density at radius 2 is 1.63 bits per heavy atom. The second-order valence-electron chi connectivity index (χ2n) is 4.20. The second kappa shape index (κ2) is 5.80. The molecule has 100 valence electrons. The Morgan fingerprint density at radius 3 is 2.16 bits per heavy atom. The molecule has 0 radical (unpaired) electrons. The zero-order valence-corrected chi connectivity index (χ0v) is 10.4. The van der Waals surface area contributed by atoms with E-state index >= 15 is 0 Å². The number of aliphatic hydroxyl groups is 1. The van der Waals surface area contributed by atoms with Crippen molar-refractivity contribution in [1.82, 2.24) is 0 Å². The van der Waals surface area contributed by atoms with E-state index in [0.717, 1.165) is 17.7 Å². The van der Waals surface area contributed by atoms with E-state index in [1.165, 1.54) is 6.07 Å². The zero-order chi connectivity index (χ0) is 13.8. The topological polar surface area (TPSA) is 29.5 Å². The van der Waals surface area contributed by atoms with E-state index in [9.17, 15) is 13.9 Å². The van der Waals surface area contributed by atoms with Crippen LogP contribution in [0.3, 0.4) is 0 Å². The van der Waals surface area contributed by atoms with Crippen molar-refractivity contribution >= 4 is 0 Å². The summed E-state index contributed by atoms with van der Waals surface area (Å²) in [6, 6.07) is 10.5. The normalized spacial score (nSPS) is 12.2. The summed E-state index contributed by atoms with van der Waals surface area (Å²) < 4.78 is 32.0. The van der Waals surface area contributed by atoms with Gasteiger partial charge in [0.1, 0.15) is 17.4 Å². The van der Waals surface area contributed by atoms with Crippen molar-refractivity contribution in [2.75, 3.05) is 7.11 Å². The Morgan fingerprint density at radius 1 is 1.05 bits per heavy atom. The first-order valence-corrected chi connectivity index (χ1v) is 5.86. The maximum atomic E-state index is 13.5. The van der Waals surface area contributed by atoms with Gasteiger partial charge in [0.25, 0.3) is 0 Å². The summed E-state index contributed by atoms with van der Waals surface area (Å²) in [5, 5.41) is 9.95. The maximum absolute atomic E-state index is 13.5. The first-order valence-electron chi connectivity index (χ1n) is 5.86. The summed E-state index contributed by atoms with van der Waals surface area (Å²) in [6.45, 7) is 0. The molecule has 2 aromatic carbocycles. The molecule has 0 fully saturated rings. The van der Waals surface area contributed by atoms with Crippen LogP contribution in [0.25, 0.3) is 0 Å². The van der Waals surface area contributed by atoms with Gasteiger partial charge in [0.05, 0.1) is 18.8 Å². The third kappa shape index (κ3) is 3.09. The van der Waals surface area contributed by atoms with Crippen LogP contribution in [0, 0.1) is 11.6 Å². The molecular formula is C15H14F2O2. The molecule has 0 bridgehead atoms. The van der Waals surface area contributed by atoms with E-state index in [1.54, 1.807) is 31.4 Å². The van der Waals surface area contributed by atoms with Crippen LogP contribution in [-0.2, 0) is 6.42 Å². The van der Waals surface area contributed by atoms with Gasteiger partial charge in [-0.25, -0.2) is 8.78 Å². The minimum atomic E-state index is -1.21. The molecule has 0 heterocycles. The smallest absolute Gasteiger partial charge is 0.131 e. The van der Waals surface area contributed by atoms with Crippen LogP contribution in [0.5, 0.6) is 5.75 Å². The molecule has 0 aromatic heterocycles. The molecule has 0 aliphatic rings. The number of halogens is 2. The number of rotatable bonds is 4. The van der Waals surface area contributed by atoms with Gasteiger partial charge < -0.3 is 9.84 Å². The van der Waals surface area contributed by atoms with E-state index in [4.69, 9.17) is 4.74 Å². The SMILES string of the molecule is COc1ccc(CC(O)c2c(F)cccc2F)cc1. The van der Waals surface area contributed by atoms with Crippen molar-refractivity contribution in [3.8, 4) is 5.75 Å². The molecule has 1 unspecified atom stereocenters. The van der Waals surface area contributed by atoms with Crippen molar-refractivity contribution in [3.05, 3.63) is 65.2 Å². The van der Waals surface area contributed by atoms with Crippen molar-refractivity contribution in [3.63, 3.8) is 0 Å². The molecule has 0 spiro atoms. The fraction of sp³-hybridized carbons (Fsp3) is 0.200. The summed E-state index contributed by atoms with van der Waals surface area (Å²) >= 11 is 0. The fourth-order valence-corrected chi connectivity index (χ4v) is 1.92. The Balaban J connectivity index is 2.18. The number of ether oxygens (including phenoxy) is 1. The van der Waals surface area contributed by atoms with Crippen LogP contribution >= 0.6 is 0 Å². The minimum absolute atomic E-state index is 0.141. The van der Waals surface area contributed by atoms with Gasteiger partial charge in [0.15, 0.2) is 0 Å². The van der Waals surface area contributed by atoms with Crippen molar-refractivity contribution in [2.24, 2.45) is 0 Å². The highest BCUT2D eigenvalue weighted by Crippen LogP contribution is 2.24. The van der Waals surface area contributed by atoms with Crippen LogP contribution in [0.4, 0.5) is 8.78 Å². The monoisotopic (exact) mass is 264 g/mol. The Labute approximate surface area is 110 Å². The van der Waals surface area contributed by atoms with E-state index in [0.29, 0.717) is 5.75 Å². The Kier molecular flexibility index (Phi) is 4.12. The number of aliphatic hydroxyl groups excluding tert-OH is 1. The van der Waals surface area contributed by atoms with Crippen molar-refractivity contribution < 1.29 is 18.6 Å². The van der Waals surface area contributed by atoms with Gasteiger partial charge in [-0.3, -0.25) is 0 Å². The highest BCUT2D eigenvalue weighted by Gasteiger charge is 2.17. The lowest BCUT2D eigenvalue weighted by Crippen LogP contribution is -2.07. The van der Waals surface area contributed by atoms with Crippen molar-refractivity contribution in [1.29, 1.82) is 0 Å². The zero-order valence-electron chi connectivity index (χ0n) is 10.4. The first-order chi connectivity index (χ1) is 9.11. The number of hydrogen-bond acceptors (Lipinski definition) is 2. The standard InChI is InChI=1S/C15H14F2O2/c1-19-11-7-5-10(6-8-11)9-14(18)15-12(16)3-2-4-13(15)17/h2-8,14,18H,9H2,1H3. The fourth-order valence-electron chi connectivity index (χ4n) is 1.92. The molecule has 0 amide bonds. The summed E-state index contributed by atoms with van der Waals surface area (Å²) in [5.41, 5.74) is 0.481. The molecule has 1 N–H and O–H groups in total. The molecule has 2 rings (SSSR count).